The summed E-state index contributed by atoms with van der Waals surface area (Å²) in [5.74, 6) is 1.41. The summed E-state index contributed by atoms with van der Waals surface area (Å²) < 4.78 is 0. The summed E-state index contributed by atoms with van der Waals surface area (Å²) >= 11 is 0. The Morgan fingerprint density at radius 1 is 0.870 bits per heavy atom. The molecule has 0 aliphatic heterocycles. The van der Waals surface area contributed by atoms with Crippen LogP contribution < -0.4 is 10.6 Å². The lowest BCUT2D eigenvalue weighted by Gasteiger charge is -2.09. The number of hydrogen-bond acceptors (Lipinski definition) is 5. The molecule has 116 valence electrons. The fourth-order valence-corrected chi connectivity index (χ4v) is 2.24. The molecule has 1 aromatic carbocycles. The normalized spacial score (nSPS) is 10.3. The molecule has 0 aliphatic rings. The number of nitrogens with one attached hydrogen (secondary N) is 2. The Balaban J connectivity index is 1.59. The Labute approximate surface area is 135 Å². The first kappa shape index (κ1) is 15.0. The molecule has 2 aromatic heterocycles. The monoisotopic (exact) mass is 305 g/mol. The number of anilines is 2. The highest BCUT2D eigenvalue weighted by Crippen LogP contribution is 2.10. The van der Waals surface area contributed by atoms with Gasteiger partial charge in [0.2, 0.25) is 5.95 Å². The van der Waals surface area contributed by atoms with Gasteiger partial charge in [-0.05, 0) is 36.2 Å². The highest BCUT2D eigenvalue weighted by molar-refractivity contribution is 5.40. The van der Waals surface area contributed by atoms with Gasteiger partial charge in [0.15, 0.2) is 0 Å². The van der Waals surface area contributed by atoms with Crippen molar-refractivity contribution in [3.05, 3.63) is 77.7 Å². The van der Waals surface area contributed by atoms with Crippen LogP contribution in [0.15, 0.2) is 61.1 Å². The fourth-order valence-electron chi connectivity index (χ4n) is 2.24. The van der Waals surface area contributed by atoms with Crippen molar-refractivity contribution in [1.29, 1.82) is 0 Å². The predicted molar refractivity (Wildman–Crippen MR) is 92.1 cm³/mol. The summed E-state index contributed by atoms with van der Waals surface area (Å²) in [4.78, 5) is 12.7. The van der Waals surface area contributed by atoms with Gasteiger partial charge in [-0.25, -0.2) is 4.98 Å². The molecular weight excluding hydrogens is 286 g/mol. The minimum Gasteiger partial charge on any atom is -0.366 e. The maximum absolute atomic E-state index is 4.48. The van der Waals surface area contributed by atoms with Gasteiger partial charge < -0.3 is 10.6 Å². The number of nitrogens with zero attached hydrogens (tertiary/aromatic N) is 3. The van der Waals surface area contributed by atoms with Crippen molar-refractivity contribution in [3.8, 4) is 0 Å². The molecule has 0 spiro atoms. The maximum atomic E-state index is 4.48. The molecule has 5 nitrogen and oxygen atoms in total. The first-order valence-corrected chi connectivity index (χ1v) is 7.55. The predicted octanol–water partition coefficient (Wildman–Crippen LogP) is 3.40. The maximum Gasteiger partial charge on any atom is 0.224 e. The zero-order chi connectivity index (χ0) is 15.9. The van der Waals surface area contributed by atoms with Crippen molar-refractivity contribution in [2.24, 2.45) is 0 Å². The Kier molecular flexibility index (Phi) is 4.79. The largest absolute Gasteiger partial charge is 0.366 e. The van der Waals surface area contributed by atoms with Crippen LogP contribution in [0.2, 0.25) is 0 Å². The molecule has 2 heterocycles. The molecule has 5 heteroatoms. The van der Waals surface area contributed by atoms with Crippen LogP contribution in [0.3, 0.4) is 0 Å². The zero-order valence-corrected chi connectivity index (χ0v) is 13.0. The van der Waals surface area contributed by atoms with Gasteiger partial charge in [0, 0.05) is 31.7 Å². The van der Waals surface area contributed by atoms with Crippen molar-refractivity contribution < 1.29 is 0 Å². The van der Waals surface area contributed by atoms with Gasteiger partial charge in [-0.1, -0.05) is 29.8 Å². The molecular formula is C18H19N5. The van der Waals surface area contributed by atoms with E-state index in [2.05, 4.69) is 56.8 Å². The van der Waals surface area contributed by atoms with Crippen molar-refractivity contribution in [1.82, 2.24) is 15.0 Å². The molecule has 0 saturated carbocycles. The van der Waals surface area contributed by atoms with Crippen LogP contribution in [0.5, 0.6) is 0 Å². The minimum absolute atomic E-state index is 0.617. The minimum atomic E-state index is 0.617. The number of rotatable bonds is 6. The van der Waals surface area contributed by atoms with Gasteiger partial charge in [0.25, 0.3) is 0 Å². The van der Waals surface area contributed by atoms with Gasteiger partial charge in [0.1, 0.15) is 5.82 Å². The van der Waals surface area contributed by atoms with Crippen molar-refractivity contribution in [3.63, 3.8) is 0 Å². The van der Waals surface area contributed by atoms with Crippen LogP contribution in [-0.4, -0.2) is 15.0 Å². The number of pyridine rings is 1. The van der Waals surface area contributed by atoms with E-state index in [1.54, 1.807) is 18.6 Å². The van der Waals surface area contributed by atoms with Crippen molar-refractivity contribution in [2.45, 2.75) is 20.0 Å². The molecule has 0 bridgehead atoms. The third-order valence-corrected chi connectivity index (χ3v) is 3.41. The molecule has 0 unspecified atom stereocenters. The molecule has 0 amide bonds. The Bertz CT molecular complexity index is 758. The van der Waals surface area contributed by atoms with Gasteiger partial charge >= 0.3 is 0 Å². The highest BCUT2D eigenvalue weighted by Gasteiger charge is 2.00. The van der Waals surface area contributed by atoms with Crippen LogP contribution in [0.25, 0.3) is 0 Å². The van der Waals surface area contributed by atoms with Gasteiger partial charge in [0.05, 0.1) is 0 Å². The lowest BCUT2D eigenvalue weighted by molar-refractivity contribution is 1.03. The first-order chi connectivity index (χ1) is 11.3. The lowest BCUT2D eigenvalue weighted by Crippen LogP contribution is -2.07. The van der Waals surface area contributed by atoms with Crippen molar-refractivity contribution >= 4 is 11.8 Å². The molecule has 0 aliphatic carbocycles. The Morgan fingerprint density at radius 3 is 2.52 bits per heavy atom. The molecule has 0 fully saturated rings. The number of aryl methyl sites for hydroxylation is 1. The number of hydrogen-bond donors (Lipinski definition) is 2. The summed E-state index contributed by atoms with van der Waals surface area (Å²) in [6, 6.07) is 14.2. The summed E-state index contributed by atoms with van der Waals surface area (Å²) in [5.41, 5.74) is 3.62. The summed E-state index contributed by atoms with van der Waals surface area (Å²) in [7, 11) is 0. The van der Waals surface area contributed by atoms with Crippen LogP contribution in [0.4, 0.5) is 11.8 Å². The summed E-state index contributed by atoms with van der Waals surface area (Å²) in [6.45, 7) is 3.50. The molecule has 3 rings (SSSR count). The topological polar surface area (TPSA) is 62.7 Å². The quantitative estimate of drug-likeness (QED) is 0.731. The van der Waals surface area contributed by atoms with E-state index in [-0.39, 0.29) is 0 Å². The van der Waals surface area contributed by atoms with E-state index in [1.807, 2.05) is 18.2 Å². The zero-order valence-electron chi connectivity index (χ0n) is 13.0. The van der Waals surface area contributed by atoms with E-state index in [0.29, 0.717) is 19.0 Å². The van der Waals surface area contributed by atoms with E-state index >= 15 is 0 Å². The number of benzene rings is 1. The van der Waals surface area contributed by atoms with Crippen LogP contribution in [0, 0.1) is 6.92 Å². The lowest BCUT2D eigenvalue weighted by atomic mass is 10.1. The third-order valence-electron chi connectivity index (χ3n) is 3.41. The van der Waals surface area contributed by atoms with Gasteiger partial charge in [-0.3, -0.25) is 4.98 Å². The van der Waals surface area contributed by atoms with Crippen LogP contribution in [0.1, 0.15) is 16.7 Å². The van der Waals surface area contributed by atoms with Crippen LogP contribution in [-0.2, 0) is 13.1 Å². The average molecular weight is 305 g/mol. The standard InChI is InChI=1S/C18H19N5/c1-14-3-2-4-16(11-14)13-22-18-20-10-7-17(23-18)21-12-15-5-8-19-9-6-15/h2-11H,12-13H2,1H3,(H2,20,21,22,23). The van der Waals surface area contributed by atoms with Crippen LogP contribution >= 0.6 is 0 Å². The summed E-state index contributed by atoms with van der Waals surface area (Å²) in [6.07, 6.45) is 5.32. The Morgan fingerprint density at radius 2 is 1.70 bits per heavy atom. The van der Waals surface area contributed by atoms with E-state index in [9.17, 15) is 0 Å². The van der Waals surface area contributed by atoms with Gasteiger partial charge in [-0.15, -0.1) is 0 Å². The summed E-state index contributed by atoms with van der Waals surface area (Å²) in [5, 5.41) is 6.54. The molecule has 2 N–H and O–H groups in total. The van der Waals surface area contributed by atoms with Crippen molar-refractivity contribution in [2.75, 3.05) is 10.6 Å². The van der Waals surface area contributed by atoms with E-state index in [4.69, 9.17) is 0 Å². The van der Waals surface area contributed by atoms with Gasteiger partial charge in [-0.2, -0.15) is 4.98 Å². The third kappa shape index (κ3) is 4.51. The molecule has 3 aromatic rings. The highest BCUT2D eigenvalue weighted by atomic mass is 15.1. The van der Waals surface area contributed by atoms with E-state index in [0.717, 1.165) is 11.4 Å². The smallest absolute Gasteiger partial charge is 0.224 e. The second-order valence-electron chi connectivity index (χ2n) is 5.32. The molecule has 0 saturated heterocycles. The van der Waals surface area contributed by atoms with E-state index in [1.165, 1.54) is 11.1 Å². The molecule has 0 radical (unpaired) electrons. The average Bonchev–Trinajstić information content (AvgIpc) is 2.60. The second-order valence-corrected chi connectivity index (χ2v) is 5.32. The fraction of sp³-hybridized carbons (Fsp3) is 0.167. The number of aromatic nitrogens is 3. The first-order valence-electron chi connectivity index (χ1n) is 7.55. The van der Waals surface area contributed by atoms with E-state index < -0.39 is 0 Å². The SMILES string of the molecule is Cc1cccc(CNc2nccc(NCc3ccncc3)n2)c1. The molecule has 23 heavy (non-hydrogen) atoms. The Hall–Kier alpha value is -2.95. The second kappa shape index (κ2) is 7.35. The molecule has 0 atom stereocenters.